The number of para-hydroxylation sites is 1. The predicted octanol–water partition coefficient (Wildman–Crippen LogP) is 2.89. The van der Waals surface area contributed by atoms with Crippen LogP contribution in [0.1, 0.15) is 38.9 Å². The molecule has 1 aromatic heterocycles. The largest absolute Gasteiger partial charge is 0.467 e. The number of fused-ring (bicyclic) bond motifs is 2. The van der Waals surface area contributed by atoms with Gasteiger partial charge in [-0.15, -0.1) is 0 Å². The highest BCUT2D eigenvalue weighted by molar-refractivity contribution is 6.22. The van der Waals surface area contributed by atoms with Crippen molar-refractivity contribution in [2.75, 3.05) is 14.2 Å². The minimum atomic E-state index is -1.31. The molecule has 32 heavy (non-hydrogen) atoms. The number of benzene rings is 2. The summed E-state index contributed by atoms with van der Waals surface area (Å²) in [6.07, 6.45) is -0.190. The lowest BCUT2D eigenvalue weighted by molar-refractivity contribution is -0.149. The van der Waals surface area contributed by atoms with Gasteiger partial charge < -0.3 is 14.0 Å². The number of carbonyl (C=O) groups is 4. The highest BCUT2D eigenvalue weighted by Crippen LogP contribution is 2.32. The van der Waals surface area contributed by atoms with E-state index in [1.165, 1.54) is 26.4 Å². The van der Waals surface area contributed by atoms with Crippen LogP contribution < -0.4 is 0 Å². The van der Waals surface area contributed by atoms with Gasteiger partial charge in [0.15, 0.2) is 0 Å². The molecule has 0 fully saturated rings. The Kier molecular flexibility index (Phi) is 5.52. The second-order valence-electron chi connectivity index (χ2n) is 7.55. The fourth-order valence-corrected chi connectivity index (χ4v) is 4.32. The van der Waals surface area contributed by atoms with Crippen molar-refractivity contribution in [1.82, 2.24) is 9.47 Å². The molecule has 0 saturated carbocycles. The van der Waals surface area contributed by atoms with Crippen LogP contribution in [0.5, 0.6) is 0 Å². The van der Waals surface area contributed by atoms with Crippen LogP contribution in [0.2, 0.25) is 0 Å². The first-order valence-corrected chi connectivity index (χ1v) is 10.1. The van der Waals surface area contributed by atoms with E-state index in [2.05, 4.69) is 0 Å². The van der Waals surface area contributed by atoms with E-state index in [1.54, 1.807) is 16.7 Å². The van der Waals surface area contributed by atoms with Crippen molar-refractivity contribution < 1.29 is 28.7 Å². The average molecular weight is 434 g/mol. The van der Waals surface area contributed by atoms with Gasteiger partial charge in [-0.1, -0.05) is 30.3 Å². The van der Waals surface area contributed by atoms with Gasteiger partial charge in [0.1, 0.15) is 12.1 Å². The second kappa shape index (κ2) is 8.30. The number of esters is 2. The summed E-state index contributed by atoms with van der Waals surface area (Å²) in [4.78, 5) is 52.6. The molecule has 0 bridgehead atoms. The minimum Gasteiger partial charge on any atom is -0.467 e. The van der Waals surface area contributed by atoms with Gasteiger partial charge in [-0.3, -0.25) is 14.5 Å². The van der Waals surface area contributed by atoms with Crippen LogP contribution in [-0.2, 0) is 19.1 Å². The van der Waals surface area contributed by atoms with E-state index in [0.29, 0.717) is 0 Å². The Bertz CT molecular complexity index is 1210. The molecule has 0 N–H and O–H groups in total. The number of methoxy groups -OCH3 is 2. The van der Waals surface area contributed by atoms with Crippen LogP contribution in [-0.4, -0.2) is 53.5 Å². The highest BCUT2D eigenvalue weighted by Gasteiger charge is 2.45. The van der Waals surface area contributed by atoms with E-state index in [-0.39, 0.29) is 17.5 Å². The average Bonchev–Trinajstić information content (AvgIpc) is 3.27. The van der Waals surface area contributed by atoms with E-state index >= 15 is 0 Å². The first-order chi connectivity index (χ1) is 15.4. The van der Waals surface area contributed by atoms with Crippen LogP contribution in [0.25, 0.3) is 10.9 Å². The number of hydrogen-bond acceptors (Lipinski definition) is 6. The van der Waals surface area contributed by atoms with E-state index < -0.39 is 35.8 Å². The fraction of sp³-hybridized carbons (Fsp3) is 0.250. The molecule has 2 atom stereocenters. The van der Waals surface area contributed by atoms with E-state index in [4.69, 9.17) is 9.47 Å². The molecule has 0 saturated heterocycles. The molecule has 4 rings (SSSR count). The zero-order valence-corrected chi connectivity index (χ0v) is 17.9. The van der Waals surface area contributed by atoms with Gasteiger partial charge in [0, 0.05) is 17.6 Å². The maximum atomic E-state index is 13.0. The van der Waals surface area contributed by atoms with Crippen LogP contribution in [0, 0.1) is 6.92 Å². The number of aromatic nitrogens is 1. The fourth-order valence-electron chi connectivity index (χ4n) is 4.32. The van der Waals surface area contributed by atoms with Gasteiger partial charge in [-0.25, -0.2) is 9.59 Å². The minimum absolute atomic E-state index is 0.190. The second-order valence-corrected chi connectivity index (χ2v) is 7.55. The maximum absolute atomic E-state index is 13.0. The summed E-state index contributed by atoms with van der Waals surface area (Å²) in [6, 6.07) is 13.5. The lowest BCUT2D eigenvalue weighted by atomic mass is 10.0. The topological polar surface area (TPSA) is 94.9 Å². The van der Waals surface area contributed by atoms with Crippen molar-refractivity contribution in [2.24, 2.45) is 0 Å². The Morgan fingerprint density at radius 1 is 0.844 bits per heavy atom. The molecule has 8 nitrogen and oxygen atoms in total. The summed E-state index contributed by atoms with van der Waals surface area (Å²) < 4.78 is 11.7. The number of rotatable bonds is 6. The monoisotopic (exact) mass is 434 g/mol. The predicted molar refractivity (Wildman–Crippen MR) is 115 cm³/mol. The summed E-state index contributed by atoms with van der Waals surface area (Å²) in [5.74, 6) is -2.58. The summed E-state index contributed by atoms with van der Waals surface area (Å²) >= 11 is 0. The van der Waals surface area contributed by atoms with Gasteiger partial charge >= 0.3 is 11.9 Å². The van der Waals surface area contributed by atoms with Crippen LogP contribution >= 0.6 is 0 Å². The molecule has 0 unspecified atom stereocenters. The van der Waals surface area contributed by atoms with Gasteiger partial charge in [0.25, 0.3) is 11.8 Å². The third-order valence-corrected chi connectivity index (χ3v) is 5.78. The molecule has 0 aliphatic carbocycles. The van der Waals surface area contributed by atoms with Gasteiger partial charge in [-0.2, -0.15) is 0 Å². The van der Waals surface area contributed by atoms with E-state index in [9.17, 15) is 19.2 Å². The molecule has 2 aromatic carbocycles. The van der Waals surface area contributed by atoms with Crippen LogP contribution in [0.15, 0.2) is 54.6 Å². The highest BCUT2D eigenvalue weighted by atomic mass is 16.5. The molecule has 2 amide bonds. The quantitative estimate of drug-likeness (QED) is 0.437. The number of ether oxygens (including phenoxy) is 2. The lowest BCUT2D eigenvalue weighted by Crippen LogP contribution is -2.47. The van der Waals surface area contributed by atoms with Gasteiger partial charge in [0.05, 0.1) is 25.3 Å². The van der Waals surface area contributed by atoms with Crippen molar-refractivity contribution in [2.45, 2.75) is 25.4 Å². The number of amides is 2. The Morgan fingerprint density at radius 2 is 1.38 bits per heavy atom. The molecule has 2 heterocycles. The Balaban J connectivity index is 1.79. The SMILES string of the molecule is COC(=O)[C@@H](C[C@@H](C(=O)OC)N1C(=O)c2ccccc2C1=O)n1c(C)cc2ccccc21. The molecule has 3 aromatic rings. The molecule has 164 valence electrons. The van der Waals surface area contributed by atoms with Crippen molar-refractivity contribution in [3.63, 3.8) is 0 Å². The number of hydrogen-bond donors (Lipinski definition) is 0. The van der Waals surface area contributed by atoms with Crippen molar-refractivity contribution in [1.29, 1.82) is 0 Å². The number of carbonyl (C=O) groups excluding carboxylic acids is 4. The number of aryl methyl sites for hydroxylation is 1. The molecule has 1 aliphatic rings. The molecule has 8 heteroatoms. The summed E-state index contributed by atoms with van der Waals surface area (Å²) in [7, 11) is 2.43. The zero-order valence-electron chi connectivity index (χ0n) is 17.9. The Morgan fingerprint density at radius 3 is 1.97 bits per heavy atom. The van der Waals surface area contributed by atoms with Crippen LogP contribution in [0.3, 0.4) is 0 Å². The maximum Gasteiger partial charge on any atom is 0.329 e. The molecule has 0 spiro atoms. The third-order valence-electron chi connectivity index (χ3n) is 5.78. The number of imide groups is 1. The van der Waals surface area contributed by atoms with E-state index in [0.717, 1.165) is 21.5 Å². The Labute approximate surface area is 184 Å². The summed E-state index contributed by atoms with van der Waals surface area (Å²) in [5, 5.41) is 0.911. The van der Waals surface area contributed by atoms with E-state index in [1.807, 2.05) is 37.3 Å². The van der Waals surface area contributed by atoms with Crippen molar-refractivity contribution in [3.05, 3.63) is 71.4 Å². The number of nitrogens with zero attached hydrogens (tertiary/aromatic N) is 2. The first-order valence-electron chi connectivity index (χ1n) is 10.1. The smallest absolute Gasteiger partial charge is 0.329 e. The van der Waals surface area contributed by atoms with Crippen molar-refractivity contribution in [3.8, 4) is 0 Å². The van der Waals surface area contributed by atoms with Gasteiger partial charge in [0.2, 0.25) is 0 Å². The lowest BCUT2D eigenvalue weighted by Gasteiger charge is -2.28. The first kappa shape index (κ1) is 21.3. The standard InChI is InChI=1S/C24H22N2O6/c1-14-12-15-8-4-7-11-18(15)25(14)19(23(29)31-2)13-20(24(30)32-3)26-21(27)16-9-5-6-10-17(16)22(26)28/h4-12,19-20H,13H2,1-3H3/t19-,20+/m1/s1. The Hall–Kier alpha value is -3.94. The molecule has 1 aliphatic heterocycles. The van der Waals surface area contributed by atoms with Gasteiger partial charge in [-0.05, 0) is 36.6 Å². The van der Waals surface area contributed by atoms with Crippen molar-refractivity contribution >= 4 is 34.7 Å². The summed E-state index contributed by atoms with van der Waals surface area (Å²) in [6.45, 7) is 1.84. The molecule has 0 radical (unpaired) electrons. The zero-order chi connectivity index (χ0) is 23.0. The summed E-state index contributed by atoms with van der Waals surface area (Å²) in [5.41, 5.74) is 1.96. The normalized spacial score (nSPS) is 14.9. The third kappa shape index (κ3) is 3.33. The van der Waals surface area contributed by atoms with Crippen LogP contribution in [0.4, 0.5) is 0 Å². The molecular formula is C24H22N2O6. The molecular weight excluding hydrogens is 412 g/mol.